The van der Waals surface area contributed by atoms with E-state index in [4.69, 9.17) is 14.6 Å². The van der Waals surface area contributed by atoms with E-state index in [1.807, 2.05) is 18.2 Å². The van der Waals surface area contributed by atoms with Crippen LogP contribution in [-0.2, 0) is 22.4 Å². The molecular formula is C23H26N2O6. The van der Waals surface area contributed by atoms with Gasteiger partial charge in [-0.1, -0.05) is 12.1 Å². The first-order valence-electron chi connectivity index (χ1n) is 10.2. The van der Waals surface area contributed by atoms with E-state index in [2.05, 4.69) is 5.32 Å². The quantitative estimate of drug-likeness (QED) is 0.552. The Morgan fingerprint density at radius 2 is 1.52 bits per heavy atom. The molecular weight excluding hydrogens is 400 g/mol. The van der Waals surface area contributed by atoms with Gasteiger partial charge in [-0.25, -0.2) is 4.79 Å². The molecule has 2 N–H and O–H groups in total. The van der Waals surface area contributed by atoms with Crippen molar-refractivity contribution in [3.63, 3.8) is 0 Å². The third kappa shape index (κ3) is 5.53. The molecule has 0 aliphatic carbocycles. The molecule has 164 valence electrons. The lowest BCUT2D eigenvalue weighted by Crippen LogP contribution is -2.34. The highest BCUT2D eigenvalue weighted by Crippen LogP contribution is 2.34. The van der Waals surface area contributed by atoms with Crippen LogP contribution in [0.4, 0.5) is 16.2 Å². The number of rotatable bonds is 2. The van der Waals surface area contributed by atoms with Crippen LogP contribution in [-0.4, -0.2) is 36.2 Å². The number of nitrogens with one attached hydrogen (secondary N) is 1. The fraction of sp³-hybridized carbons (Fsp3) is 0.348. The van der Waals surface area contributed by atoms with Gasteiger partial charge in [-0.3, -0.25) is 14.5 Å². The first kappa shape index (κ1) is 22.1. The lowest BCUT2D eigenvalue weighted by molar-refractivity contribution is -0.132. The van der Waals surface area contributed by atoms with Crippen LogP contribution in [0.1, 0.15) is 37.8 Å². The van der Waals surface area contributed by atoms with Gasteiger partial charge < -0.3 is 19.9 Å². The summed E-state index contributed by atoms with van der Waals surface area (Å²) in [7, 11) is 0. The molecule has 8 heteroatoms. The van der Waals surface area contributed by atoms with Crippen molar-refractivity contribution in [3.8, 4) is 11.5 Å². The van der Waals surface area contributed by atoms with Crippen LogP contribution in [0.25, 0.3) is 0 Å². The molecule has 31 heavy (non-hydrogen) atoms. The Morgan fingerprint density at radius 1 is 0.903 bits per heavy atom. The number of anilines is 2. The van der Waals surface area contributed by atoms with Gasteiger partial charge in [-0.05, 0) is 49.9 Å². The molecule has 0 bridgehead atoms. The highest BCUT2D eigenvalue weighted by molar-refractivity contribution is 5.88. The molecule has 2 aliphatic rings. The van der Waals surface area contributed by atoms with Gasteiger partial charge in [0.15, 0.2) is 0 Å². The first-order valence-corrected chi connectivity index (χ1v) is 10.2. The van der Waals surface area contributed by atoms with Gasteiger partial charge in [-0.15, -0.1) is 0 Å². The summed E-state index contributed by atoms with van der Waals surface area (Å²) < 4.78 is 10.2. The number of carbonyl (C=O) groups is 3. The summed E-state index contributed by atoms with van der Waals surface area (Å²) in [5.74, 6) is 0.498. The van der Waals surface area contributed by atoms with Gasteiger partial charge >= 0.3 is 18.0 Å². The SMILES string of the molecule is CC(=O)Oc1cccc2c1CCCN2.CC(=O)Oc1cccc2c1CCCN2C(=O)O. The van der Waals surface area contributed by atoms with E-state index in [-0.39, 0.29) is 5.97 Å². The molecule has 8 nitrogen and oxygen atoms in total. The summed E-state index contributed by atoms with van der Waals surface area (Å²) in [5.41, 5.74) is 3.61. The van der Waals surface area contributed by atoms with Gasteiger partial charge in [0.1, 0.15) is 11.5 Å². The molecule has 0 fully saturated rings. The topological polar surface area (TPSA) is 105 Å². The minimum atomic E-state index is -0.981. The molecule has 0 saturated heterocycles. The second kappa shape index (κ2) is 9.97. The maximum Gasteiger partial charge on any atom is 0.411 e. The van der Waals surface area contributed by atoms with Crippen molar-refractivity contribution < 1.29 is 29.0 Å². The van der Waals surface area contributed by atoms with Crippen LogP contribution >= 0.6 is 0 Å². The predicted octanol–water partition coefficient (Wildman–Crippen LogP) is 4.01. The van der Waals surface area contributed by atoms with Crippen molar-refractivity contribution in [1.29, 1.82) is 0 Å². The van der Waals surface area contributed by atoms with Crippen molar-refractivity contribution in [2.45, 2.75) is 39.5 Å². The lowest BCUT2D eigenvalue weighted by atomic mass is 10.0. The molecule has 1 amide bonds. The summed E-state index contributed by atoms with van der Waals surface area (Å²) in [6, 6.07) is 10.9. The number of benzene rings is 2. The molecule has 4 rings (SSSR count). The van der Waals surface area contributed by atoms with Crippen LogP contribution in [0.2, 0.25) is 0 Å². The Labute approximate surface area is 180 Å². The average Bonchev–Trinajstić information content (AvgIpc) is 2.73. The number of fused-ring (bicyclic) bond motifs is 2. The van der Waals surface area contributed by atoms with Gasteiger partial charge in [-0.2, -0.15) is 0 Å². The monoisotopic (exact) mass is 426 g/mol. The number of hydrogen-bond acceptors (Lipinski definition) is 6. The summed E-state index contributed by atoms with van der Waals surface area (Å²) in [4.78, 5) is 34.2. The predicted molar refractivity (Wildman–Crippen MR) is 116 cm³/mol. The van der Waals surface area contributed by atoms with Crippen molar-refractivity contribution in [3.05, 3.63) is 47.5 Å². The smallest absolute Gasteiger partial charge is 0.411 e. The molecule has 0 spiro atoms. The van der Waals surface area contributed by atoms with Crippen molar-refractivity contribution in [1.82, 2.24) is 0 Å². The number of nitrogens with zero attached hydrogens (tertiary/aromatic N) is 1. The van der Waals surface area contributed by atoms with Crippen LogP contribution < -0.4 is 19.7 Å². The third-order valence-corrected chi connectivity index (χ3v) is 5.00. The Hall–Kier alpha value is -3.55. The molecule has 0 atom stereocenters. The minimum absolute atomic E-state index is 0.260. The number of hydrogen-bond donors (Lipinski definition) is 2. The fourth-order valence-electron chi connectivity index (χ4n) is 3.77. The van der Waals surface area contributed by atoms with Gasteiger partial charge in [0.05, 0.1) is 5.69 Å². The van der Waals surface area contributed by atoms with E-state index >= 15 is 0 Å². The van der Waals surface area contributed by atoms with Crippen LogP contribution in [0.5, 0.6) is 11.5 Å². The highest BCUT2D eigenvalue weighted by Gasteiger charge is 2.24. The van der Waals surface area contributed by atoms with Crippen LogP contribution in [0.15, 0.2) is 36.4 Å². The average molecular weight is 426 g/mol. The molecule has 0 radical (unpaired) electrons. The Balaban J connectivity index is 0.000000179. The second-order valence-electron chi connectivity index (χ2n) is 7.29. The standard InChI is InChI=1S/C12H13NO4.C11H13NO2/c1-8(14)17-11-6-2-5-10-9(11)4-3-7-13(10)12(15)16;1-8(13)14-11-6-2-5-10-9(11)4-3-7-12-10/h2,5-6H,3-4,7H2,1H3,(H,15,16);2,5-6,12H,3-4,7H2,1H3. The van der Waals surface area contributed by atoms with Gasteiger partial charge in [0, 0.05) is 43.8 Å². The van der Waals surface area contributed by atoms with E-state index in [0.717, 1.165) is 49.0 Å². The van der Waals surface area contributed by atoms with Gasteiger partial charge in [0.25, 0.3) is 0 Å². The number of esters is 2. The van der Waals surface area contributed by atoms with Gasteiger partial charge in [0.2, 0.25) is 0 Å². The van der Waals surface area contributed by atoms with E-state index in [9.17, 15) is 14.4 Å². The van der Waals surface area contributed by atoms with Crippen LogP contribution in [0.3, 0.4) is 0 Å². The summed E-state index contributed by atoms with van der Waals surface area (Å²) in [6.45, 7) is 4.23. The lowest BCUT2D eigenvalue weighted by Gasteiger charge is -2.27. The molecule has 2 aromatic carbocycles. The first-order chi connectivity index (χ1) is 14.9. The molecule has 2 aromatic rings. The Morgan fingerprint density at radius 3 is 2.16 bits per heavy atom. The summed E-state index contributed by atoms with van der Waals surface area (Å²) in [6.07, 6.45) is 2.54. The highest BCUT2D eigenvalue weighted by atomic mass is 16.5. The number of ether oxygens (including phenoxy) is 2. The molecule has 0 aromatic heterocycles. The van der Waals surface area contributed by atoms with Crippen molar-refractivity contribution in [2.75, 3.05) is 23.3 Å². The zero-order chi connectivity index (χ0) is 22.4. The molecule has 0 saturated carbocycles. The normalized spacial score (nSPS) is 14.1. The maximum atomic E-state index is 11.1. The van der Waals surface area contributed by atoms with Crippen LogP contribution in [0, 0.1) is 0 Å². The number of carbonyl (C=O) groups excluding carboxylic acids is 2. The largest absolute Gasteiger partial charge is 0.465 e. The summed E-state index contributed by atoms with van der Waals surface area (Å²) in [5, 5.41) is 12.4. The van der Waals surface area contributed by atoms with Crippen molar-refractivity contribution in [2.24, 2.45) is 0 Å². The van der Waals surface area contributed by atoms with E-state index in [1.54, 1.807) is 18.2 Å². The maximum absolute atomic E-state index is 11.1. The second-order valence-corrected chi connectivity index (χ2v) is 7.29. The Kier molecular flexibility index (Phi) is 7.12. The van der Waals surface area contributed by atoms with E-state index < -0.39 is 12.1 Å². The fourth-order valence-corrected chi connectivity index (χ4v) is 3.77. The Bertz CT molecular complexity index is 988. The molecule has 2 heterocycles. The minimum Gasteiger partial charge on any atom is -0.465 e. The molecule has 2 aliphatic heterocycles. The van der Waals surface area contributed by atoms with Crippen molar-refractivity contribution >= 4 is 29.4 Å². The zero-order valence-corrected chi connectivity index (χ0v) is 17.6. The number of amides is 1. The number of carboxylic acid groups (broad SMARTS) is 1. The zero-order valence-electron chi connectivity index (χ0n) is 17.6. The van der Waals surface area contributed by atoms with E-state index in [0.29, 0.717) is 23.7 Å². The summed E-state index contributed by atoms with van der Waals surface area (Å²) >= 11 is 0. The third-order valence-electron chi connectivity index (χ3n) is 5.00. The molecule has 0 unspecified atom stereocenters. The van der Waals surface area contributed by atoms with E-state index in [1.165, 1.54) is 18.7 Å².